The molecule has 0 atom stereocenters. The first-order valence-electron chi connectivity index (χ1n) is 5.63. The van der Waals surface area contributed by atoms with Crippen LogP contribution in [0.15, 0.2) is 24.3 Å². The van der Waals surface area contributed by atoms with Crippen molar-refractivity contribution in [1.82, 2.24) is 9.78 Å². The van der Waals surface area contributed by atoms with E-state index < -0.39 is 0 Å². The Labute approximate surface area is 101 Å². The van der Waals surface area contributed by atoms with Crippen molar-refractivity contribution >= 4 is 5.82 Å². The third-order valence-electron chi connectivity index (χ3n) is 2.93. The summed E-state index contributed by atoms with van der Waals surface area (Å²) in [6, 6.07) is 8.04. The van der Waals surface area contributed by atoms with Crippen LogP contribution in [0.2, 0.25) is 0 Å². The summed E-state index contributed by atoms with van der Waals surface area (Å²) in [5, 5.41) is 13.3. The maximum atomic E-state index is 8.89. The maximum absolute atomic E-state index is 8.89. The van der Waals surface area contributed by atoms with E-state index in [0.29, 0.717) is 12.4 Å². The van der Waals surface area contributed by atoms with Crippen LogP contribution >= 0.6 is 0 Å². The number of anilines is 1. The first-order valence-corrected chi connectivity index (χ1v) is 5.63. The molecule has 0 saturated heterocycles. The van der Waals surface area contributed by atoms with Gasteiger partial charge in [-0.1, -0.05) is 12.1 Å². The summed E-state index contributed by atoms with van der Waals surface area (Å²) in [4.78, 5) is 0. The minimum Gasteiger partial charge on any atom is -0.394 e. The molecule has 4 nitrogen and oxygen atoms in total. The van der Waals surface area contributed by atoms with Crippen molar-refractivity contribution in [2.45, 2.75) is 20.4 Å². The Hall–Kier alpha value is -1.81. The standard InChI is InChI=1S/C13H17N3O/c1-9-3-4-11(7-10(9)2)12-8-13(14)16(15-12)5-6-17/h3-4,7-8,17H,5-6,14H2,1-2H3. The Balaban J connectivity index is 2.39. The lowest BCUT2D eigenvalue weighted by molar-refractivity contribution is 0.270. The van der Waals surface area contributed by atoms with Crippen LogP contribution in [0.3, 0.4) is 0 Å². The lowest BCUT2D eigenvalue weighted by atomic mass is 10.0. The first-order chi connectivity index (χ1) is 8.11. The minimum atomic E-state index is 0.0399. The van der Waals surface area contributed by atoms with Crippen LogP contribution in [-0.2, 0) is 6.54 Å². The zero-order valence-corrected chi connectivity index (χ0v) is 10.1. The summed E-state index contributed by atoms with van der Waals surface area (Å²) in [7, 11) is 0. The van der Waals surface area contributed by atoms with Gasteiger partial charge in [0.2, 0.25) is 0 Å². The van der Waals surface area contributed by atoms with Crippen molar-refractivity contribution in [3.63, 3.8) is 0 Å². The van der Waals surface area contributed by atoms with Gasteiger partial charge in [0, 0.05) is 11.6 Å². The topological polar surface area (TPSA) is 64.1 Å². The molecule has 1 heterocycles. The Morgan fingerprint density at radius 2 is 2.00 bits per heavy atom. The van der Waals surface area contributed by atoms with Gasteiger partial charge in [0.1, 0.15) is 5.82 Å². The van der Waals surface area contributed by atoms with E-state index in [1.165, 1.54) is 11.1 Å². The van der Waals surface area contributed by atoms with Crippen LogP contribution < -0.4 is 5.73 Å². The highest BCUT2D eigenvalue weighted by atomic mass is 16.3. The predicted octanol–water partition coefficient (Wildman–Crippen LogP) is 1.74. The highest BCUT2D eigenvalue weighted by molar-refractivity contribution is 5.63. The van der Waals surface area contributed by atoms with Gasteiger partial charge in [-0.2, -0.15) is 5.10 Å². The van der Waals surface area contributed by atoms with Gasteiger partial charge in [-0.15, -0.1) is 0 Å². The first kappa shape index (κ1) is 11.7. The monoisotopic (exact) mass is 231 g/mol. The van der Waals surface area contributed by atoms with Crippen molar-refractivity contribution in [2.75, 3.05) is 12.3 Å². The number of rotatable bonds is 3. The molecule has 2 rings (SSSR count). The summed E-state index contributed by atoms with van der Waals surface area (Å²) in [6.45, 7) is 4.62. The molecule has 0 amide bonds. The molecule has 2 aromatic rings. The Bertz CT molecular complexity index is 531. The molecule has 4 heteroatoms. The van der Waals surface area contributed by atoms with E-state index in [9.17, 15) is 0 Å². The number of benzene rings is 1. The van der Waals surface area contributed by atoms with Gasteiger partial charge in [-0.05, 0) is 31.0 Å². The lowest BCUT2D eigenvalue weighted by Crippen LogP contribution is -2.07. The van der Waals surface area contributed by atoms with E-state index in [2.05, 4.69) is 31.1 Å². The molecule has 0 unspecified atom stereocenters. The molecular formula is C13H17N3O. The van der Waals surface area contributed by atoms with Crippen molar-refractivity contribution in [1.29, 1.82) is 0 Å². The van der Waals surface area contributed by atoms with Crippen LogP contribution in [0.25, 0.3) is 11.3 Å². The van der Waals surface area contributed by atoms with Crippen molar-refractivity contribution in [2.24, 2.45) is 0 Å². The van der Waals surface area contributed by atoms with Gasteiger partial charge >= 0.3 is 0 Å². The molecule has 0 aliphatic rings. The molecular weight excluding hydrogens is 214 g/mol. The van der Waals surface area contributed by atoms with E-state index in [0.717, 1.165) is 11.3 Å². The summed E-state index contributed by atoms with van der Waals surface area (Å²) in [5.41, 5.74) is 10.2. The number of aromatic nitrogens is 2. The van der Waals surface area contributed by atoms with E-state index in [1.807, 2.05) is 12.1 Å². The average Bonchev–Trinajstić information content (AvgIpc) is 2.65. The third kappa shape index (κ3) is 2.31. The Kier molecular flexibility index (Phi) is 3.15. The molecule has 0 fully saturated rings. The SMILES string of the molecule is Cc1ccc(-c2cc(N)n(CCO)n2)cc1C. The van der Waals surface area contributed by atoms with Gasteiger partial charge in [0.15, 0.2) is 0 Å². The summed E-state index contributed by atoms with van der Waals surface area (Å²) in [5.74, 6) is 0.576. The lowest BCUT2D eigenvalue weighted by Gasteiger charge is -2.02. The number of hydrogen-bond acceptors (Lipinski definition) is 3. The number of aliphatic hydroxyl groups is 1. The van der Waals surface area contributed by atoms with Gasteiger partial charge < -0.3 is 10.8 Å². The second-order valence-corrected chi connectivity index (χ2v) is 4.20. The third-order valence-corrected chi connectivity index (χ3v) is 2.93. The summed E-state index contributed by atoms with van der Waals surface area (Å²) in [6.07, 6.45) is 0. The van der Waals surface area contributed by atoms with Crippen LogP contribution in [0.5, 0.6) is 0 Å². The number of nitrogen functional groups attached to an aromatic ring is 1. The normalized spacial score (nSPS) is 10.8. The molecule has 1 aromatic heterocycles. The second-order valence-electron chi connectivity index (χ2n) is 4.20. The van der Waals surface area contributed by atoms with E-state index in [-0.39, 0.29) is 6.61 Å². The number of hydrogen-bond donors (Lipinski definition) is 2. The van der Waals surface area contributed by atoms with Gasteiger partial charge in [0.05, 0.1) is 18.8 Å². The van der Waals surface area contributed by atoms with Crippen LogP contribution in [-0.4, -0.2) is 21.5 Å². The fourth-order valence-corrected chi connectivity index (χ4v) is 1.75. The Morgan fingerprint density at radius 1 is 1.24 bits per heavy atom. The average molecular weight is 231 g/mol. The zero-order chi connectivity index (χ0) is 12.4. The minimum absolute atomic E-state index is 0.0399. The second kappa shape index (κ2) is 4.59. The molecule has 0 spiro atoms. The highest BCUT2D eigenvalue weighted by Crippen LogP contribution is 2.22. The maximum Gasteiger partial charge on any atom is 0.122 e. The number of aliphatic hydroxyl groups excluding tert-OH is 1. The number of nitrogens with zero attached hydrogens (tertiary/aromatic N) is 2. The number of aryl methyl sites for hydroxylation is 2. The molecule has 1 aromatic carbocycles. The largest absolute Gasteiger partial charge is 0.394 e. The fraction of sp³-hybridized carbons (Fsp3) is 0.308. The fourth-order valence-electron chi connectivity index (χ4n) is 1.75. The molecule has 0 aliphatic heterocycles. The summed E-state index contributed by atoms with van der Waals surface area (Å²) < 4.78 is 1.62. The molecule has 0 radical (unpaired) electrons. The predicted molar refractivity (Wildman–Crippen MR) is 68.6 cm³/mol. The van der Waals surface area contributed by atoms with E-state index >= 15 is 0 Å². The van der Waals surface area contributed by atoms with Crippen LogP contribution in [0, 0.1) is 13.8 Å². The Morgan fingerprint density at radius 3 is 2.65 bits per heavy atom. The molecule has 0 aliphatic carbocycles. The number of nitrogens with two attached hydrogens (primary N) is 1. The van der Waals surface area contributed by atoms with E-state index in [1.54, 1.807) is 4.68 Å². The van der Waals surface area contributed by atoms with Crippen molar-refractivity contribution in [3.05, 3.63) is 35.4 Å². The van der Waals surface area contributed by atoms with Crippen molar-refractivity contribution in [3.8, 4) is 11.3 Å². The molecule has 0 saturated carbocycles. The van der Waals surface area contributed by atoms with Gasteiger partial charge in [-0.25, -0.2) is 4.68 Å². The van der Waals surface area contributed by atoms with Gasteiger partial charge in [0.25, 0.3) is 0 Å². The molecule has 90 valence electrons. The zero-order valence-electron chi connectivity index (χ0n) is 10.1. The summed E-state index contributed by atoms with van der Waals surface area (Å²) >= 11 is 0. The highest BCUT2D eigenvalue weighted by Gasteiger charge is 2.07. The smallest absolute Gasteiger partial charge is 0.122 e. The molecule has 0 bridgehead atoms. The molecule has 3 N–H and O–H groups in total. The van der Waals surface area contributed by atoms with E-state index in [4.69, 9.17) is 10.8 Å². The van der Waals surface area contributed by atoms with Crippen molar-refractivity contribution < 1.29 is 5.11 Å². The van der Waals surface area contributed by atoms with Gasteiger partial charge in [-0.3, -0.25) is 0 Å². The van der Waals surface area contributed by atoms with Crippen LogP contribution in [0.1, 0.15) is 11.1 Å². The van der Waals surface area contributed by atoms with Crippen LogP contribution in [0.4, 0.5) is 5.82 Å². The molecule has 17 heavy (non-hydrogen) atoms. The quantitative estimate of drug-likeness (QED) is 0.845.